The van der Waals surface area contributed by atoms with Gasteiger partial charge in [-0.3, -0.25) is 4.79 Å². The van der Waals surface area contributed by atoms with Crippen molar-refractivity contribution >= 4 is 34.6 Å². The Morgan fingerprint density at radius 2 is 2.12 bits per heavy atom. The van der Waals surface area contributed by atoms with Crippen molar-refractivity contribution in [1.29, 1.82) is 0 Å². The van der Waals surface area contributed by atoms with Crippen molar-refractivity contribution in [2.24, 2.45) is 0 Å². The van der Waals surface area contributed by atoms with E-state index in [1.807, 2.05) is 0 Å². The third kappa shape index (κ3) is 2.54. The zero-order valence-electron chi connectivity index (χ0n) is 8.51. The van der Waals surface area contributed by atoms with Gasteiger partial charge in [0.2, 0.25) is 0 Å². The minimum absolute atomic E-state index is 0.187. The zero-order valence-corrected chi connectivity index (χ0v) is 9.27. The first kappa shape index (κ1) is 11.4. The molecule has 0 aliphatic carbocycles. The van der Waals surface area contributed by atoms with Crippen LogP contribution >= 0.6 is 11.6 Å². The lowest BCUT2D eigenvalue weighted by atomic mass is 10.2. The lowest BCUT2D eigenvalue weighted by Gasteiger charge is -1.98. The Balaban J connectivity index is 2.60. The molecular formula is C12H7ClO4. The molecule has 0 bridgehead atoms. The van der Waals surface area contributed by atoms with Gasteiger partial charge in [-0.15, -0.1) is 0 Å². The topological polar surface area (TPSA) is 67.5 Å². The summed E-state index contributed by atoms with van der Waals surface area (Å²) in [6, 6.07) is 5.89. The predicted octanol–water partition coefficient (Wildman–Crippen LogP) is 2.54. The fraction of sp³-hybridized carbons (Fsp3) is 0. The molecule has 2 aromatic rings. The highest BCUT2D eigenvalue weighted by molar-refractivity contribution is 6.31. The van der Waals surface area contributed by atoms with Gasteiger partial charge >= 0.3 is 5.97 Å². The summed E-state index contributed by atoms with van der Waals surface area (Å²) in [4.78, 5) is 22.0. The number of halogens is 1. The van der Waals surface area contributed by atoms with Crippen LogP contribution in [-0.2, 0) is 4.79 Å². The highest BCUT2D eigenvalue weighted by Crippen LogP contribution is 2.17. The van der Waals surface area contributed by atoms with Gasteiger partial charge in [0.15, 0.2) is 5.43 Å². The lowest BCUT2D eigenvalue weighted by molar-refractivity contribution is -0.131. The van der Waals surface area contributed by atoms with Crippen LogP contribution in [0.1, 0.15) is 5.76 Å². The van der Waals surface area contributed by atoms with Gasteiger partial charge in [0, 0.05) is 17.2 Å². The number of benzene rings is 1. The first-order chi connectivity index (χ1) is 8.06. The van der Waals surface area contributed by atoms with Crippen molar-refractivity contribution in [1.82, 2.24) is 0 Å². The molecule has 5 heteroatoms. The molecule has 0 aliphatic rings. The van der Waals surface area contributed by atoms with Crippen LogP contribution in [0.25, 0.3) is 17.0 Å². The van der Waals surface area contributed by atoms with E-state index in [-0.39, 0.29) is 11.2 Å². The Bertz CT molecular complexity index is 670. The Kier molecular flexibility index (Phi) is 2.97. The molecule has 0 spiro atoms. The van der Waals surface area contributed by atoms with Crippen LogP contribution in [0.5, 0.6) is 0 Å². The van der Waals surface area contributed by atoms with Gasteiger partial charge < -0.3 is 9.52 Å². The molecule has 0 saturated carbocycles. The van der Waals surface area contributed by atoms with Gasteiger partial charge in [-0.05, 0) is 24.3 Å². The fourth-order valence-electron chi connectivity index (χ4n) is 1.38. The van der Waals surface area contributed by atoms with E-state index in [0.717, 1.165) is 6.08 Å². The molecule has 0 aliphatic heterocycles. The van der Waals surface area contributed by atoms with Gasteiger partial charge in [-0.25, -0.2) is 4.79 Å². The maximum absolute atomic E-state index is 11.7. The third-order valence-electron chi connectivity index (χ3n) is 2.10. The Hall–Kier alpha value is -2.07. The molecule has 17 heavy (non-hydrogen) atoms. The Morgan fingerprint density at radius 3 is 2.82 bits per heavy atom. The summed E-state index contributed by atoms with van der Waals surface area (Å²) in [7, 11) is 0. The molecule has 0 saturated heterocycles. The van der Waals surface area contributed by atoms with Crippen LogP contribution in [0.15, 0.2) is 39.6 Å². The van der Waals surface area contributed by atoms with E-state index in [1.54, 1.807) is 12.1 Å². The second-order valence-corrected chi connectivity index (χ2v) is 3.76. The first-order valence-corrected chi connectivity index (χ1v) is 5.08. The normalized spacial score (nSPS) is 11.1. The van der Waals surface area contributed by atoms with Gasteiger partial charge in [-0.2, -0.15) is 0 Å². The van der Waals surface area contributed by atoms with Crippen molar-refractivity contribution in [3.05, 3.63) is 51.3 Å². The minimum Gasteiger partial charge on any atom is -0.478 e. The number of fused-ring (bicyclic) bond motifs is 1. The largest absolute Gasteiger partial charge is 0.478 e. The molecule has 0 fully saturated rings. The lowest BCUT2D eigenvalue weighted by Crippen LogP contribution is -2.00. The molecule has 0 atom stereocenters. The third-order valence-corrected chi connectivity index (χ3v) is 2.33. The molecule has 0 radical (unpaired) electrons. The Labute approximate surface area is 101 Å². The van der Waals surface area contributed by atoms with Crippen molar-refractivity contribution in [2.75, 3.05) is 0 Å². The molecule has 1 aromatic carbocycles. The van der Waals surface area contributed by atoms with Crippen LogP contribution in [0.4, 0.5) is 0 Å². The maximum atomic E-state index is 11.7. The second kappa shape index (κ2) is 4.43. The quantitative estimate of drug-likeness (QED) is 0.832. The average Bonchev–Trinajstić information content (AvgIpc) is 2.27. The van der Waals surface area contributed by atoms with Crippen LogP contribution in [-0.4, -0.2) is 11.1 Å². The van der Waals surface area contributed by atoms with E-state index in [1.165, 1.54) is 18.2 Å². The monoisotopic (exact) mass is 250 g/mol. The SMILES string of the molecule is O=C(O)/C=C/c1cc(=O)c2cc(Cl)ccc2o1. The predicted molar refractivity (Wildman–Crippen MR) is 64.2 cm³/mol. The van der Waals surface area contributed by atoms with E-state index >= 15 is 0 Å². The highest BCUT2D eigenvalue weighted by atomic mass is 35.5. The Morgan fingerprint density at radius 1 is 1.35 bits per heavy atom. The first-order valence-electron chi connectivity index (χ1n) is 4.71. The number of carboxylic acid groups (broad SMARTS) is 1. The smallest absolute Gasteiger partial charge is 0.328 e. The zero-order chi connectivity index (χ0) is 12.4. The summed E-state index contributed by atoms with van der Waals surface area (Å²) in [5, 5.41) is 9.28. The molecule has 0 amide bonds. The number of aliphatic carboxylic acids is 1. The summed E-state index contributed by atoms with van der Waals surface area (Å²) in [6.45, 7) is 0. The molecular weight excluding hydrogens is 244 g/mol. The summed E-state index contributed by atoms with van der Waals surface area (Å²) in [5.74, 6) is -0.920. The van der Waals surface area contributed by atoms with Crippen LogP contribution in [0, 0.1) is 0 Å². The molecule has 1 N–H and O–H groups in total. The number of carboxylic acids is 1. The van der Waals surface area contributed by atoms with Gasteiger partial charge in [0.1, 0.15) is 11.3 Å². The molecule has 1 aromatic heterocycles. The van der Waals surface area contributed by atoms with Crippen molar-refractivity contribution in [3.8, 4) is 0 Å². The van der Waals surface area contributed by atoms with E-state index in [4.69, 9.17) is 21.1 Å². The van der Waals surface area contributed by atoms with Crippen molar-refractivity contribution < 1.29 is 14.3 Å². The van der Waals surface area contributed by atoms with Crippen molar-refractivity contribution in [3.63, 3.8) is 0 Å². The number of hydrogen-bond acceptors (Lipinski definition) is 3. The number of hydrogen-bond donors (Lipinski definition) is 1. The van der Waals surface area contributed by atoms with Crippen LogP contribution in [0.2, 0.25) is 5.02 Å². The molecule has 1 heterocycles. The summed E-state index contributed by atoms with van der Waals surface area (Å²) in [6.07, 6.45) is 2.12. The summed E-state index contributed by atoms with van der Waals surface area (Å²) in [5.41, 5.74) is 0.103. The molecule has 2 rings (SSSR count). The van der Waals surface area contributed by atoms with E-state index in [9.17, 15) is 9.59 Å². The highest BCUT2D eigenvalue weighted by Gasteiger charge is 2.03. The standard InChI is InChI=1S/C12H7ClO4/c13-7-1-3-11-9(5-7)10(14)6-8(17-11)2-4-12(15)16/h1-6H,(H,15,16)/b4-2+. The second-order valence-electron chi connectivity index (χ2n) is 3.33. The molecule has 0 unspecified atom stereocenters. The average molecular weight is 251 g/mol. The van der Waals surface area contributed by atoms with Crippen molar-refractivity contribution in [2.45, 2.75) is 0 Å². The van der Waals surface area contributed by atoms with Gasteiger partial charge in [0.25, 0.3) is 0 Å². The van der Waals surface area contributed by atoms with Crippen LogP contribution < -0.4 is 5.43 Å². The molecule has 4 nitrogen and oxygen atoms in total. The molecule has 86 valence electrons. The fourth-order valence-corrected chi connectivity index (χ4v) is 1.55. The van der Waals surface area contributed by atoms with Gasteiger partial charge in [0.05, 0.1) is 5.39 Å². The number of carbonyl (C=O) groups is 1. The summed E-state index contributed by atoms with van der Waals surface area (Å²) < 4.78 is 5.34. The summed E-state index contributed by atoms with van der Waals surface area (Å²) >= 11 is 5.76. The number of rotatable bonds is 2. The van der Waals surface area contributed by atoms with Crippen LogP contribution in [0.3, 0.4) is 0 Å². The van der Waals surface area contributed by atoms with E-state index in [0.29, 0.717) is 16.0 Å². The van der Waals surface area contributed by atoms with E-state index in [2.05, 4.69) is 0 Å². The maximum Gasteiger partial charge on any atom is 0.328 e. The minimum atomic E-state index is -1.11. The van der Waals surface area contributed by atoms with Gasteiger partial charge in [-0.1, -0.05) is 11.6 Å². The van der Waals surface area contributed by atoms with E-state index < -0.39 is 5.97 Å².